The molecule has 3 aromatic rings. The Morgan fingerprint density at radius 2 is 1.84 bits per heavy atom. The lowest BCUT2D eigenvalue weighted by molar-refractivity contribution is 0.472. The van der Waals surface area contributed by atoms with E-state index in [0.717, 1.165) is 15.7 Å². The van der Waals surface area contributed by atoms with Crippen LogP contribution in [0.2, 0.25) is 0 Å². The fourth-order valence-corrected chi connectivity index (χ4v) is 2.18. The van der Waals surface area contributed by atoms with Crippen molar-refractivity contribution in [2.45, 2.75) is 0 Å². The van der Waals surface area contributed by atoms with Gasteiger partial charge < -0.3 is 9.52 Å². The van der Waals surface area contributed by atoms with E-state index in [1.54, 1.807) is 24.5 Å². The van der Waals surface area contributed by atoms with Crippen LogP contribution in [0.4, 0.5) is 0 Å². The third kappa shape index (κ3) is 2.39. The number of hydrogen-bond acceptors (Lipinski definition) is 3. The van der Waals surface area contributed by atoms with Crippen molar-refractivity contribution in [3.8, 4) is 28.5 Å². The summed E-state index contributed by atoms with van der Waals surface area (Å²) in [5, 5.41) is 9.85. The molecule has 0 atom stereocenters. The van der Waals surface area contributed by atoms with Crippen molar-refractivity contribution < 1.29 is 9.52 Å². The van der Waals surface area contributed by atoms with Crippen molar-refractivity contribution in [2.24, 2.45) is 0 Å². The van der Waals surface area contributed by atoms with Crippen LogP contribution in [0.1, 0.15) is 0 Å². The molecular formula is C15H10BrNO2. The van der Waals surface area contributed by atoms with E-state index in [0.29, 0.717) is 11.5 Å². The van der Waals surface area contributed by atoms with Crippen LogP contribution in [0, 0.1) is 0 Å². The monoisotopic (exact) mass is 315 g/mol. The molecule has 0 spiro atoms. The normalized spacial score (nSPS) is 10.6. The maximum Gasteiger partial charge on any atom is 0.230 e. The van der Waals surface area contributed by atoms with Gasteiger partial charge in [0.15, 0.2) is 0 Å². The van der Waals surface area contributed by atoms with Crippen molar-refractivity contribution in [2.75, 3.05) is 0 Å². The quantitative estimate of drug-likeness (QED) is 0.758. The van der Waals surface area contributed by atoms with E-state index in [-0.39, 0.29) is 5.75 Å². The molecule has 4 heteroatoms. The number of phenols is 1. The minimum atomic E-state index is 0.143. The number of aromatic hydroxyl groups is 1. The summed E-state index contributed by atoms with van der Waals surface area (Å²) in [7, 11) is 0. The van der Waals surface area contributed by atoms with Crippen LogP contribution in [0.15, 0.2) is 63.7 Å². The van der Waals surface area contributed by atoms with Crippen molar-refractivity contribution in [3.63, 3.8) is 0 Å². The minimum absolute atomic E-state index is 0.143. The van der Waals surface area contributed by atoms with Gasteiger partial charge in [0, 0.05) is 10.0 Å². The highest BCUT2D eigenvalue weighted by atomic mass is 79.9. The first-order valence-corrected chi connectivity index (χ1v) is 6.53. The molecule has 0 aliphatic heterocycles. The number of rotatable bonds is 2. The number of oxazole rings is 1. The molecule has 0 aliphatic carbocycles. The average Bonchev–Trinajstić information content (AvgIpc) is 2.92. The van der Waals surface area contributed by atoms with Gasteiger partial charge in [0.1, 0.15) is 17.7 Å². The number of phenolic OH excluding ortho intramolecular Hbond substituents is 1. The van der Waals surface area contributed by atoms with Gasteiger partial charge in [-0.25, -0.2) is 4.98 Å². The second-order valence-electron chi connectivity index (χ2n) is 4.07. The lowest BCUT2D eigenvalue weighted by Crippen LogP contribution is -1.81. The van der Waals surface area contributed by atoms with Crippen molar-refractivity contribution in [3.05, 3.63) is 59.3 Å². The zero-order valence-electron chi connectivity index (χ0n) is 9.88. The SMILES string of the molecule is Oc1ccc(Br)cc1-c1nc(-c2ccccc2)co1. The molecule has 0 aliphatic rings. The summed E-state index contributed by atoms with van der Waals surface area (Å²) in [4.78, 5) is 4.41. The number of nitrogens with zero attached hydrogens (tertiary/aromatic N) is 1. The van der Waals surface area contributed by atoms with Gasteiger partial charge in [-0.15, -0.1) is 0 Å². The summed E-state index contributed by atoms with van der Waals surface area (Å²) in [5.74, 6) is 0.544. The molecule has 1 N–H and O–H groups in total. The Labute approximate surface area is 118 Å². The van der Waals surface area contributed by atoms with Gasteiger partial charge in [0.25, 0.3) is 0 Å². The Bertz CT molecular complexity index is 707. The van der Waals surface area contributed by atoms with Gasteiger partial charge in [0.05, 0.1) is 5.56 Å². The smallest absolute Gasteiger partial charge is 0.230 e. The molecule has 0 amide bonds. The molecule has 94 valence electrons. The highest BCUT2D eigenvalue weighted by Gasteiger charge is 2.12. The molecule has 2 aromatic carbocycles. The van der Waals surface area contributed by atoms with Crippen LogP contribution in [-0.4, -0.2) is 10.1 Å². The second-order valence-corrected chi connectivity index (χ2v) is 4.98. The molecular weight excluding hydrogens is 306 g/mol. The Balaban J connectivity index is 2.04. The fraction of sp³-hybridized carbons (Fsp3) is 0. The van der Waals surface area contributed by atoms with Crippen LogP contribution >= 0.6 is 15.9 Å². The second kappa shape index (κ2) is 4.90. The van der Waals surface area contributed by atoms with Crippen molar-refractivity contribution in [1.82, 2.24) is 4.98 Å². The third-order valence-electron chi connectivity index (χ3n) is 2.76. The Morgan fingerprint density at radius 3 is 2.63 bits per heavy atom. The van der Waals surface area contributed by atoms with Gasteiger partial charge >= 0.3 is 0 Å². The molecule has 1 aromatic heterocycles. The maximum atomic E-state index is 9.85. The summed E-state index contributed by atoms with van der Waals surface area (Å²) in [6.07, 6.45) is 1.59. The highest BCUT2D eigenvalue weighted by Crippen LogP contribution is 2.32. The summed E-state index contributed by atoms with van der Waals surface area (Å²) in [6.45, 7) is 0. The molecule has 3 nitrogen and oxygen atoms in total. The maximum absolute atomic E-state index is 9.85. The van der Waals surface area contributed by atoms with E-state index in [1.165, 1.54) is 0 Å². The van der Waals surface area contributed by atoms with Crippen LogP contribution < -0.4 is 0 Å². The molecule has 0 fully saturated rings. The van der Waals surface area contributed by atoms with E-state index in [4.69, 9.17) is 4.42 Å². The third-order valence-corrected chi connectivity index (χ3v) is 3.26. The summed E-state index contributed by atoms with van der Waals surface area (Å²) in [5.41, 5.74) is 2.29. The fourth-order valence-electron chi connectivity index (χ4n) is 1.82. The van der Waals surface area contributed by atoms with Gasteiger partial charge in [-0.2, -0.15) is 0 Å². The average molecular weight is 316 g/mol. The molecule has 3 rings (SSSR count). The predicted octanol–water partition coefficient (Wildman–Crippen LogP) is 4.48. The number of hydrogen-bond donors (Lipinski definition) is 1. The standard InChI is InChI=1S/C15H10BrNO2/c16-11-6-7-14(18)12(8-11)15-17-13(9-19-15)10-4-2-1-3-5-10/h1-9,18H. The molecule has 0 unspecified atom stereocenters. The predicted molar refractivity (Wildman–Crippen MR) is 76.7 cm³/mol. The largest absolute Gasteiger partial charge is 0.507 e. The topological polar surface area (TPSA) is 46.3 Å². The van der Waals surface area contributed by atoms with E-state index < -0.39 is 0 Å². The van der Waals surface area contributed by atoms with Crippen LogP contribution in [0.5, 0.6) is 5.75 Å². The van der Waals surface area contributed by atoms with E-state index in [1.807, 2.05) is 30.3 Å². The van der Waals surface area contributed by atoms with Gasteiger partial charge in [-0.1, -0.05) is 46.3 Å². The molecule has 19 heavy (non-hydrogen) atoms. The Hall–Kier alpha value is -2.07. The van der Waals surface area contributed by atoms with Gasteiger partial charge in [-0.05, 0) is 18.2 Å². The van der Waals surface area contributed by atoms with Crippen molar-refractivity contribution in [1.29, 1.82) is 0 Å². The zero-order valence-corrected chi connectivity index (χ0v) is 11.5. The van der Waals surface area contributed by atoms with Crippen LogP contribution in [0.3, 0.4) is 0 Å². The van der Waals surface area contributed by atoms with Crippen molar-refractivity contribution >= 4 is 15.9 Å². The molecule has 0 radical (unpaired) electrons. The first-order valence-electron chi connectivity index (χ1n) is 5.74. The van der Waals surface area contributed by atoms with E-state index in [2.05, 4.69) is 20.9 Å². The zero-order chi connectivity index (χ0) is 13.2. The number of benzene rings is 2. The molecule has 0 saturated heterocycles. The van der Waals surface area contributed by atoms with E-state index in [9.17, 15) is 5.11 Å². The lowest BCUT2D eigenvalue weighted by Gasteiger charge is -2.00. The summed E-state index contributed by atoms with van der Waals surface area (Å²) >= 11 is 3.36. The number of aromatic nitrogens is 1. The molecule has 0 saturated carbocycles. The van der Waals surface area contributed by atoms with Gasteiger partial charge in [-0.3, -0.25) is 0 Å². The van der Waals surface area contributed by atoms with Crippen LogP contribution in [0.25, 0.3) is 22.7 Å². The summed E-state index contributed by atoms with van der Waals surface area (Å²) < 4.78 is 6.31. The minimum Gasteiger partial charge on any atom is -0.507 e. The first kappa shape index (κ1) is 12.0. The molecule has 1 heterocycles. The summed E-state index contributed by atoms with van der Waals surface area (Å²) in [6, 6.07) is 14.9. The first-order chi connectivity index (χ1) is 9.24. The van der Waals surface area contributed by atoms with E-state index >= 15 is 0 Å². The molecule has 0 bridgehead atoms. The van der Waals surface area contributed by atoms with Crippen LogP contribution in [-0.2, 0) is 0 Å². The number of halogens is 1. The Morgan fingerprint density at radius 1 is 1.05 bits per heavy atom. The Kier molecular flexibility index (Phi) is 3.09. The van der Waals surface area contributed by atoms with Gasteiger partial charge in [0.2, 0.25) is 5.89 Å². The highest BCUT2D eigenvalue weighted by molar-refractivity contribution is 9.10. The lowest BCUT2D eigenvalue weighted by atomic mass is 10.2.